The lowest BCUT2D eigenvalue weighted by Gasteiger charge is -2.21. The lowest BCUT2D eigenvalue weighted by molar-refractivity contribution is 0.0744. The lowest BCUT2D eigenvalue weighted by Crippen LogP contribution is -2.34. The molecule has 2 atom stereocenters. The van der Waals surface area contributed by atoms with Crippen LogP contribution in [0.15, 0.2) is 54.7 Å². The average molecular weight is 425 g/mol. The Labute approximate surface area is 184 Å². The van der Waals surface area contributed by atoms with Crippen LogP contribution in [0.1, 0.15) is 34.8 Å². The number of carbonyl (C=O) groups is 1. The molecule has 2 unspecified atom stereocenters. The molecule has 5 nitrogen and oxygen atoms in total. The van der Waals surface area contributed by atoms with E-state index >= 15 is 0 Å². The zero-order chi connectivity index (χ0) is 20.5. The molecule has 3 aromatic rings. The van der Waals surface area contributed by atoms with E-state index in [4.69, 9.17) is 10.8 Å². The van der Waals surface area contributed by atoms with Gasteiger partial charge in [0.2, 0.25) is 0 Å². The van der Waals surface area contributed by atoms with Crippen molar-refractivity contribution in [2.75, 3.05) is 13.1 Å². The van der Waals surface area contributed by atoms with E-state index in [1.54, 1.807) is 0 Å². The fraction of sp³-hybridized carbons (Fsp3) is 0.333. The molecule has 1 aliphatic rings. The molecule has 1 fully saturated rings. The van der Waals surface area contributed by atoms with Crippen LogP contribution in [0.3, 0.4) is 0 Å². The van der Waals surface area contributed by atoms with Crippen molar-refractivity contribution in [3.63, 3.8) is 0 Å². The SMILES string of the molecule is Cc1ccc(-c2nn(-c3ccccc3)cc2C(=O)N2CC(CN)CC2C)c(C)c1.Cl. The zero-order valence-electron chi connectivity index (χ0n) is 17.7. The van der Waals surface area contributed by atoms with Crippen LogP contribution < -0.4 is 5.73 Å². The first-order valence-electron chi connectivity index (χ1n) is 10.2. The number of rotatable bonds is 4. The Hall–Kier alpha value is -2.63. The van der Waals surface area contributed by atoms with E-state index in [9.17, 15) is 4.79 Å². The number of hydrogen-bond donors (Lipinski definition) is 1. The summed E-state index contributed by atoms with van der Waals surface area (Å²) in [4.78, 5) is 15.5. The summed E-state index contributed by atoms with van der Waals surface area (Å²) in [7, 11) is 0. The van der Waals surface area contributed by atoms with E-state index in [-0.39, 0.29) is 24.4 Å². The van der Waals surface area contributed by atoms with Gasteiger partial charge in [-0.2, -0.15) is 5.10 Å². The second-order valence-corrected chi connectivity index (χ2v) is 8.13. The van der Waals surface area contributed by atoms with Gasteiger partial charge in [-0.25, -0.2) is 4.68 Å². The molecule has 6 heteroatoms. The molecule has 1 aromatic heterocycles. The van der Waals surface area contributed by atoms with Crippen LogP contribution in [0.2, 0.25) is 0 Å². The number of benzene rings is 2. The lowest BCUT2D eigenvalue weighted by atomic mass is 10.00. The van der Waals surface area contributed by atoms with Crippen LogP contribution in [0.5, 0.6) is 0 Å². The molecule has 2 heterocycles. The summed E-state index contributed by atoms with van der Waals surface area (Å²) in [6.45, 7) is 7.57. The van der Waals surface area contributed by atoms with Gasteiger partial charge in [0.15, 0.2) is 0 Å². The average Bonchev–Trinajstić information content (AvgIpc) is 3.32. The summed E-state index contributed by atoms with van der Waals surface area (Å²) < 4.78 is 1.81. The van der Waals surface area contributed by atoms with Crippen LogP contribution in [0.4, 0.5) is 0 Å². The normalized spacial score (nSPS) is 18.3. The first-order chi connectivity index (χ1) is 14.0. The fourth-order valence-electron chi connectivity index (χ4n) is 4.27. The second-order valence-electron chi connectivity index (χ2n) is 8.13. The fourth-order valence-corrected chi connectivity index (χ4v) is 4.27. The minimum Gasteiger partial charge on any atom is -0.335 e. The molecule has 0 saturated carbocycles. The maximum absolute atomic E-state index is 13.6. The molecule has 4 rings (SSSR count). The van der Waals surface area contributed by atoms with Crippen LogP contribution in [0, 0.1) is 19.8 Å². The molecule has 1 saturated heterocycles. The first-order valence-corrected chi connectivity index (χ1v) is 10.2. The van der Waals surface area contributed by atoms with Crippen LogP contribution in [0.25, 0.3) is 16.9 Å². The maximum Gasteiger partial charge on any atom is 0.257 e. The second kappa shape index (κ2) is 9.02. The van der Waals surface area contributed by atoms with Gasteiger partial charge in [0.25, 0.3) is 5.91 Å². The topological polar surface area (TPSA) is 64.2 Å². The van der Waals surface area contributed by atoms with Gasteiger partial charge in [0.1, 0.15) is 5.69 Å². The summed E-state index contributed by atoms with van der Waals surface area (Å²) in [6, 6.07) is 16.4. The van der Waals surface area contributed by atoms with E-state index in [0.29, 0.717) is 24.6 Å². The van der Waals surface area contributed by atoms with E-state index in [0.717, 1.165) is 28.9 Å². The van der Waals surface area contributed by atoms with Crippen molar-refractivity contribution < 1.29 is 4.79 Å². The highest BCUT2D eigenvalue weighted by Gasteiger charge is 2.34. The summed E-state index contributed by atoms with van der Waals surface area (Å²) in [5.41, 5.74) is 11.5. The van der Waals surface area contributed by atoms with Gasteiger partial charge in [0.05, 0.1) is 11.3 Å². The predicted octanol–water partition coefficient (Wildman–Crippen LogP) is 4.39. The number of nitrogens with two attached hydrogens (primary N) is 1. The Kier molecular flexibility index (Phi) is 6.64. The quantitative estimate of drug-likeness (QED) is 0.675. The number of carbonyl (C=O) groups excluding carboxylic acids is 1. The molecule has 0 bridgehead atoms. The molecular weight excluding hydrogens is 396 g/mol. The van der Waals surface area contributed by atoms with E-state index in [2.05, 4.69) is 39.0 Å². The van der Waals surface area contributed by atoms with Gasteiger partial charge in [-0.05, 0) is 57.4 Å². The van der Waals surface area contributed by atoms with Gasteiger partial charge < -0.3 is 10.6 Å². The van der Waals surface area contributed by atoms with Gasteiger partial charge >= 0.3 is 0 Å². The largest absolute Gasteiger partial charge is 0.335 e. The number of nitrogens with zero attached hydrogens (tertiary/aromatic N) is 3. The predicted molar refractivity (Wildman–Crippen MR) is 123 cm³/mol. The Balaban J connectivity index is 0.00000256. The number of hydrogen-bond acceptors (Lipinski definition) is 3. The molecule has 0 aliphatic carbocycles. The van der Waals surface area contributed by atoms with Gasteiger partial charge in [-0.3, -0.25) is 4.79 Å². The number of halogens is 1. The summed E-state index contributed by atoms with van der Waals surface area (Å²) in [5.74, 6) is 0.397. The summed E-state index contributed by atoms with van der Waals surface area (Å²) >= 11 is 0. The van der Waals surface area contributed by atoms with Crippen molar-refractivity contribution in [1.29, 1.82) is 0 Å². The number of aryl methyl sites for hydroxylation is 2. The molecule has 1 amide bonds. The van der Waals surface area contributed by atoms with Gasteiger partial charge in [0, 0.05) is 24.3 Å². The highest BCUT2D eigenvalue weighted by molar-refractivity contribution is 6.00. The molecule has 158 valence electrons. The Morgan fingerprint density at radius 1 is 1.17 bits per heavy atom. The molecular formula is C24H29ClN4O. The third kappa shape index (κ3) is 4.13. The smallest absolute Gasteiger partial charge is 0.257 e. The molecule has 30 heavy (non-hydrogen) atoms. The highest BCUT2D eigenvalue weighted by Crippen LogP contribution is 2.31. The van der Waals surface area contributed by atoms with E-state index in [1.165, 1.54) is 5.56 Å². The Morgan fingerprint density at radius 2 is 1.90 bits per heavy atom. The summed E-state index contributed by atoms with van der Waals surface area (Å²) in [5, 5.41) is 4.84. The Morgan fingerprint density at radius 3 is 2.53 bits per heavy atom. The minimum absolute atomic E-state index is 0. The molecule has 2 N–H and O–H groups in total. The third-order valence-electron chi connectivity index (χ3n) is 5.86. The van der Waals surface area contributed by atoms with E-state index < -0.39 is 0 Å². The van der Waals surface area contributed by atoms with Crippen molar-refractivity contribution in [1.82, 2.24) is 14.7 Å². The van der Waals surface area contributed by atoms with Crippen molar-refractivity contribution >= 4 is 18.3 Å². The molecule has 0 radical (unpaired) electrons. The van der Waals surface area contributed by atoms with Gasteiger partial charge in [-0.15, -0.1) is 12.4 Å². The highest BCUT2D eigenvalue weighted by atomic mass is 35.5. The molecule has 0 spiro atoms. The zero-order valence-corrected chi connectivity index (χ0v) is 18.5. The number of likely N-dealkylation sites (tertiary alicyclic amines) is 1. The molecule has 2 aromatic carbocycles. The van der Waals surface area contributed by atoms with E-state index in [1.807, 2.05) is 46.1 Å². The van der Waals surface area contributed by atoms with Crippen molar-refractivity contribution in [3.05, 3.63) is 71.4 Å². The van der Waals surface area contributed by atoms with Gasteiger partial charge in [-0.1, -0.05) is 42.0 Å². The van der Waals surface area contributed by atoms with Crippen molar-refractivity contribution in [2.24, 2.45) is 11.7 Å². The number of aromatic nitrogens is 2. The standard InChI is InChI=1S/C24H28N4O.ClH/c1-16-9-10-21(17(2)11-16)23-22(15-28(26-23)20-7-5-4-6-8-20)24(29)27-14-19(13-25)12-18(27)3;/h4-11,15,18-19H,12-14,25H2,1-3H3;1H. The number of para-hydroxylation sites is 1. The maximum atomic E-state index is 13.6. The Bertz CT molecular complexity index is 1030. The van der Waals surface area contributed by atoms with Crippen LogP contribution in [-0.4, -0.2) is 39.7 Å². The van der Waals surface area contributed by atoms with Crippen molar-refractivity contribution in [2.45, 2.75) is 33.2 Å². The monoisotopic (exact) mass is 424 g/mol. The van der Waals surface area contributed by atoms with Crippen LogP contribution in [-0.2, 0) is 0 Å². The minimum atomic E-state index is 0. The van der Waals surface area contributed by atoms with Crippen LogP contribution >= 0.6 is 12.4 Å². The number of amides is 1. The summed E-state index contributed by atoms with van der Waals surface area (Å²) in [6.07, 6.45) is 2.82. The first kappa shape index (κ1) is 22.1. The third-order valence-corrected chi connectivity index (χ3v) is 5.86. The van der Waals surface area contributed by atoms with Crippen molar-refractivity contribution in [3.8, 4) is 16.9 Å². The molecule has 1 aliphatic heterocycles.